The molecule has 1 aliphatic heterocycles. The highest BCUT2D eigenvalue weighted by Gasteiger charge is 2.27. The summed E-state index contributed by atoms with van der Waals surface area (Å²) in [5, 5.41) is 6.91. The van der Waals surface area contributed by atoms with Crippen molar-refractivity contribution in [2.75, 3.05) is 6.54 Å². The van der Waals surface area contributed by atoms with Gasteiger partial charge in [-0.3, -0.25) is 0 Å². The monoisotopic (exact) mass is 387 g/mol. The molecule has 0 aromatic heterocycles. The van der Waals surface area contributed by atoms with Crippen LogP contribution in [0.3, 0.4) is 0 Å². The summed E-state index contributed by atoms with van der Waals surface area (Å²) in [6, 6.07) is 12.0. The lowest BCUT2D eigenvalue weighted by molar-refractivity contribution is 0.0584. The van der Waals surface area contributed by atoms with Crippen molar-refractivity contribution >= 4 is 11.7 Å². The van der Waals surface area contributed by atoms with Crippen LogP contribution in [0.2, 0.25) is 0 Å². The summed E-state index contributed by atoms with van der Waals surface area (Å²) >= 11 is 0. The topological polar surface area (TPSA) is 53.9 Å². The number of amides is 2. The molecule has 0 radical (unpaired) electrons. The Labute approximate surface area is 163 Å². The van der Waals surface area contributed by atoms with Gasteiger partial charge in [0.2, 0.25) is 0 Å². The third-order valence-corrected chi connectivity index (χ3v) is 4.35. The molecule has 2 amide bonds. The number of hydrogen-bond donors (Lipinski definition) is 1. The lowest BCUT2D eigenvalue weighted by atomic mass is 10.0. The van der Waals surface area contributed by atoms with Crippen LogP contribution in [-0.2, 0) is 11.4 Å². The molecule has 7 heteroatoms. The van der Waals surface area contributed by atoms with Crippen molar-refractivity contribution in [2.24, 2.45) is 5.16 Å². The van der Waals surface area contributed by atoms with Gasteiger partial charge < -0.3 is 15.1 Å². The number of rotatable bonds is 6. The zero-order valence-electron chi connectivity index (χ0n) is 15.9. The van der Waals surface area contributed by atoms with Crippen molar-refractivity contribution in [3.63, 3.8) is 0 Å². The molecule has 1 N–H and O–H groups in total. The predicted molar refractivity (Wildman–Crippen MR) is 103 cm³/mol. The summed E-state index contributed by atoms with van der Waals surface area (Å²) in [7, 11) is 0. The molecular formula is C21H23F2N3O2. The van der Waals surface area contributed by atoms with Crippen LogP contribution in [0.1, 0.15) is 31.4 Å². The Morgan fingerprint density at radius 1 is 1.21 bits per heavy atom. The first-order chi connectivity index (χ1) is 13.4. The number of carbonyl (C=O) groups is 1. The zero-order chi connectivity index (χ0) is 20.1. The van der Waals surface area contributed by atoms with Gasteiger partial charge in [0.25, 0.3) is 0 Å². The van der Waals surface area contributed by atoms with Crippen molar-refractivity contribution in [1.29, 1.82) is 0 Å². The Balaban J connectivity index is 1.68. The van der Waals surface area contributed by atoms with Gasteiger partial charge in [0.15, 0.2) is 6.10 Å². The second-order valence-electron chi connectivity index (χ2n) is 7.05. The lowest BCUT2D eigenvalue weighted by Crippen LogP contribution is -2.45. The first-order valence-electron chi connectivity index (χ1n) is 9.20. The van der Waals surface area contributed by atoms with Gasteiger partial charge in [-0.15, -0.1) is 0 Å². The van der Waals surface area contributed by atoms with Gasteiger partial charge >= 0.3 is 6.03 Å². The highest BCUT2D eigenvalue weighted by molar-refractivity contribution is 6.01. The van der Waals surface area contributed by atoms with E-state index in [1.165, 1.54) is 23.1 Å². The van der Waals surface area contributed by atoms with Crippen molar-refractivity contribution < 1.29 is 18.4 Å². The highest BCUT2D eigenvalue weighted by Crippen LogP contribution is 2.19. The third kappa shape index (κ3) is 5.06. The maximum atomic E-state index is 14.1. The average Bonchev–Trinajstić information content (AvgIpc) is 3.11. The molecule has 2 aromatic carbocycles. The van der Waals surface area contributed by atoms with Crippen LogP contribution in [0.5, 0.6) is 0 Å². The van der Waals surface area contributed by atoms with Gasteiger partial charge in [0.1, 0.15) is 11.6 Å². The van der Waals surface area contributed by atoms with Gasteiger partial charge in [-0.1, -0.05) is 35.5 Å². The van der Waals surface area contributed by atoms with E-state index in [0.717, 1.165) is 5.56 Å². The SMILES string of the molecule is CC(C)NC(=O)N(Cc1ccccc1F)C[C@@H]1CC(c2ccc(F)cc2)=NO1. The minimum atomic E-state index is -0.361. The molecule has 0 aliphatic carbocycles. The molecule has 2 aromatic rings. The standard InChI is InChI=1S/C21H23F2N3O2/c1-14(2)24-21(27)26(12-16-5-3-4-6-19(16)23)13-18-11-20(25-28-18)15-7-9-17(22)10-8-15/h3-10,14,18H,11-13H2,1-2H3,(H,24,27)/t18-/m0/s1. The molecule has 0 unspecified atom stereocenters. The van der Waals surface area contributed by atoms with E-state index in [1.807, 2.05) is 13.8 Å². The summed E-state index contributed by atoms with van der Waals surface area (Å²) < 4.78 is 27.2. The molecule has 148 valence electrons. The van der Waals surface area contributed by atoms with E-state index < -0.39 is 0 Å². The van der Waals surface area contributed by atoms with E-state index in [0.29, 0.717) is 17.7 Å². The second-order valence-corrected chi connectivity index (χ2v) is 7.05. The van der Waals surface area contributed by atoms with Crippen LogP contribution in [0, 0.1) is 11.6 Å². The molecule has 3 rings (SSSR count). The smallest absolute Gasteiger partial charge is 0.318 e. The van der Waals surface area contributed by atoms with Gasteiger partial charge in [0.05, 0.1) is 18.8 Å². The normalized spacial score (nSPS) is 15.9. The first-order valence-corrected chi connectivity index (χ1v) is 9.20. The molecule has 1 aliphatic rings. The van der Waals surface area contributed by atoms with Crippen LogP contribution in [0.4, 0.5) is 13.6 Å². The number of nitrogens with zero attached hydrogens (tertiary/aromatic N) is 2. The summed E-state index contributed by atoms with van der Waals surface area (Å²) in [6.07, 6.45) is 0.124. The maximum absolute atomic E-state index is 14.1. The van der Waals surface area contributed by atoms with E-state index in [-0.39, 0.29) is 42.9 Å². The van der Waals surface area contributed by atoms with Gasteiger partial charge in [-0.2, -0.15) is 0 Å². The molecule has 0 fully saturated rings. The summed E-state index contributed by atoms with van der Waals surface area (Å²) in [5.41, 5.74) is 1.90. The Kier molecular flexibility index (Phi) is 6.23. The van der Waals surface area contributed by atoms with Crippen molar-refractivity contribution in [2.45, 2.75) is 39.0 Å². The second kappa shape index (κ2) is 8.82. The predicted octanol–water partition coefficient (Wildman–Crippen LogP) is 4.08. The molecule has 5 nitrogen and oxygen atoms in total. The number of carbonyl (C=O) groups excluding carboxylic acids is 1. The van der Waals surface area contributed by atoms with E-state index in [4.69, 9.17) is 4.84 Å². The molecule has 1 atom stereocenters. The number of oxime groups is 1. The maximum Gasteiger partial charge on any atom is 0.318 e. The largest absolute Gasteiger partial charge is 0.390 e. The number of urea groups is 1. The highest BCUT2D eigenvalue weighted by atomic mass is 19.1. The molecule has 1 heterocycles. The fourth-order valence-corrected chi connectivity index (χ4v) is 2.97. The van der Waals surface area contributed by atoms with Crippen LogP contribution in [0.15, 0.2) is 53.7 Å². The summed E-state index contributed by atoms with van der Waals surface area (Å²) in [6.45, 7) is 4.10. The van der Waals surface area contributed by atoms with Crippen LogP contribution >= 0.6 is 0 Å². The summed E-state index contributed by atoms with van der Waals surface area (Å²) in [4.78, 5) is 19.6. The number of benzene rings is 2. The van der Waals surface area contributed by atoms with E-state index in [9.17, 15) is 13.6 Å². The Bertz CT molecular complexity index is 853. The minimum Gasteiger partial charge on any atom is -0.390 e. The molecular weight excluding hydrogens is 364 g/mol. The zero-order valence-corrected chi connectivity index (χ0v) is 15.9. The van der Waals surface area contributed by atoms with Crippen molar-refractivity contribution in [1.82, 2.24) is 10.2 Å². The molecule has 0 bridgehead atoms. The van der Waals surface area contributed by atoms with Crippen molar-refractivity contribution in [3.8, 4) is 0 Å². The Morgan fingerprint density at radius 3 is 2.61 bits per heavy atom. The third-order valence-electron chi connectivity index (χ3n) is 4.35. The van der Waals surface area contributed by atoms with Crippen LogP contribution in [0.25, 0.3) is 0 Å². The van der Waals surface area contributed by atoms with Crippen LogP contribution < -0.4 is 5.32 Å². The van der Waals surface area contributed by atoms with E-state index >= 15 is 0 Å². The molecule has 0 saturated carbocycles. The Morgan fingerprint density at radius 2 is 1.93 bits per heavy atom. The Hall–Kier alpha value is -2.96. The molecule has 0 saturated heterocycles. The number of hydrogen-bond acceptors (Lipinski definition) is 3. The fourth-order valence-electron chi connectivity index (χ4n) is 2.97. The van der Waals surface area contributed by atoms with E-state index in [1.54, 1.807) is 30.3 Å². The quantitative estimate of drug-likeness (QED) is 0.812. The fraction of sp³-hybridized carbons (Fsp3) is 0.333. The van der Waals surface area contributed by atoms with Crippen molar-refractivity contribution in [3.05, 3.63) is 71.3 Å². The minimum absolute atomic E-state index is 0.0499. The number of halogens is 2. The van der Waals surface area contributed by atoms with Crippen LogP contribution in [-0.4, -0.2) is 35.3 Å². The van der Waals surface area contributed by atoms with E-state index in [2.05, 4.69) is 10.5 Å². The van der Waals surface area contributed by atoms with Gasteiger partial charge in [-0.25, -0.2) is 13.6 Å². The first kappa shape index (κ1) is 19.8. The lowest BCUT2D eigenvalue weighted by Gasteiger charge is -2.26. The average molecular weight is 387 g/mol. The molecule has 28 heavy (non-hydrogen) atoms. The number of nitrogens with one attached hydrogen (secondary N) is 1. The van der Waals surface area contributed by atoms with Gasteiger partial charge in [0, 0.05) is 18.0 Å². The van der Waals surface area contributed by atoms with Gasteiger partial charge in [-0.05, 0) is 37.6 Å². The summed E-state index contributed by atoms with van der Waals surface area (Å²) in [5.74, 6) is -0.679. The molecule has 0 spiro atoms.